The molecule has 0 spiro atoms. The lowest BCUT2D eigenvalue weighted by Crippen LogP contribution is -2.34. The van der Waals surface area contributed by atoms with E-state index >= 15 is 0 Å². The summed E-state index contributed by atoms with van der Waals surface area (Å²) in [6.45, 7) is 3.11. The zero-order chi connectivity index (χ0) is 20.1. The van der Waals surface area contributed by atoms with E-state index in [9.17, 15) is 27.9 Å². The lowest BCUT2D eigenvalue weighted by Gasteiger charge is -2.19. The van der Waals surface area contributed by atoms with Gasteiger partial charge in [0.05, 0.1) is 11.6 Å². The van der Waals surface area contributed by atoms with Crippen molar-refractivity contribution in [3.05, 3.63) is 27.7 Å². The first-order chi connectivity index (χ1) is 12.5. The molecule has 3 heterocycles. The number of pyridine rings is 1. The molecular formula is C16H18N4O6S. The number of aryl methyl sites for hydroxylation is 1. The minimum atomic E-state index is -3.72. The highest BCUT2D eigenvalue weighted by molar-refractivity contribution is 7.90. The van der Waals surface area contributed by atoms with Gasteiger partial charge in [-0.25, -0.2) is 18.2 Å². The third kappa shape index (κ3) is 3.18. The van der Waals surface area contributed by atoms with Gasteiger partial charge in [-0.3, -0.25) is 14.2 Å². The Kier molecular flexibility index (Phi) is 4.50. The smallest absolute Gasteiger partial charge is 0.407 e. The van der Waals surface area contributed by atoms with E-state index in [2.05, 4.69) is 9.97 Å². The molecule has 0 aliphatic carbocycles. The van der Waals surface area contributed by atoms with Crippen LogP contribution in [0.5, 0.6) is 0 Å². The number of aromatic nitrogens is 3. The van der Waals surface area contributed by atoms with E-state index in [-0.39, 0.29) is 24.3 Å². The Labute approximate surface area is 154 Å². The molecule has 27 heavy (non-hydrogen) atoms. The number of likely N-dealkylation sites (tertiary alicyclic amines) is 1. The maximum atomic E-state index is 13.0. The Morgan fingerprint density at radius 3 is 2.52 bits per heavy atom. The summed E-state index contributed by atoms with van der Waals surface area (Å²) in [5.41, 5.74) is -0.197. The SMILES string of the molecule is CC(=O)c1c(C)c2cnc(S(C)(=O)=O)nc2n([C@H]2CCN(C(=O)O)C2)c1=O. The second-order valence-electron chi connectivity index (χ2n) is 6.56. The number of carboxylic acid groups (broad SMARTS) is 1. The molecule has 1 aliphatic heterocycles. The Bertz CT molecular complexity index is 1140. The summed E-state index contributed by atoms with van der Waals surface area (Å²) >= 11 is 0. The second kappa shape index (κ2) is 6.41. The second-order valence-corrected chi connectivity index (χ2v) is 8.47. The van der Waals surface area contributed by atoms with Gasteiger partial charge in [0.2, 0.25) is 15.0 Å². The Balaban J connectivity index is 2.36. The number of carbonyl (C=O) groups is 2. The third-order valence-corrected chi connectivity index (χ3v) is 5.53. The lowest BCUT2D eigenvalue weighted by atomic mass is 10.0. The first-order valence-electron chi connectivity index (χ1n) is 8.13. The number of hydrogen-bond donors (Lipinski definition) is 1. The number of fused-ring (bicyclic) bond motifs is 1. The minimum Gasteiger partial charge on any atom is -0.465 e. The fourth-order valence-corrected chi connectivity index (χ4v) is 3.87. The fraction of sp³-hybridized carbons (Fsp3) is 0.438. The molecule has 0 aromatic carbocycles. The molecule has 1 amide bonds. The van der Waals surface area contributed by atoms with Crippen molar-refractivity contribution < 1.29 is 23.1 Å². The monoisotopic (exact) mass is 394 g/mol. The average molecular weight is 394 g/mol. The number of sulfone groups is 1. The largest absolute Gasteiger partial charge is 0.465 e. The molecule has 1 N–H and O–H groups in total. The first kappa shape index (κ1) is 19.0. The van der Waals surface area contributed by atoms with Crippen LogP contribution in [0, 0.1) is 6.92 Å². The minimum absolute atomic E-state index is 0.0352. The predicted molar refractivity (Wildman–Crippen MR) is 94.9 cm³/mol. The number of carbonyl (C=O) groups excluding carboxylic acids is 1. The molecule has 11 heteroatoms. The number of ketones is 1. The molecule has 0 unspecified atom stereocenters. The van der Waals surface area contributed by atoms with Gasteiger partial charge in [-0.1, -0.05) is 0 Å². The number of amides is 1. The molecule has 1 fully saturated rings. The van der Waals surface area contributed by atoms with Crippen LogP contribution in [0.1, 0.15) is 35.3 Å². The zero-order valence-corrected chi connectivity index (χ0v) is 15.8. The van der Waals surface area contributed by atoms with Crippen molar-refractivity contribution in [3.63, 3.8) is 0 Å². The molecule has 2 aromatic rings. The fourth-order valence-electron chi connectivity index (χ4n) is 3.38. The number of rotatable bonds is 3. The van der Waals surface area contributed by atoms with Crippen LogP contribution in [-0.4, -0.2) is 64.2 Å². The maximum Gasteiger partial charge on any atom is 0.407 e. The summed E-state index contributed by atoms with van der Waals surface area (Å²) in [5.74, 6) is -0.437. The van der Waals surface area contributed by atoms with E-state index in [1.165, 1.54) is 17.7 Å². The summed E-state index contributed by atoms with van der Waals surface area (Å²) < 4.78 is 24.9. The molecule has 10 nitrogen and oxygen atoms in total. The third-order valence-electron chi connectivity index (χ3n) is 4.67. The van der Waals surface area contributed by atoms with Crippen LogP contribution in [0.4, 0.5) is 4.79 Å². The number of nitrogens with zero attached hydrogens (tertiary/aromatic N) is 4. The van der Waals surface area contributed by atoms with Crippen molar-refractivity contribution in [1.82, 2.24) is 19.4 Å². The Morgan fingerprint density at radius 2 is 2.00 bits per heavy atom. The van der Waals surface area contributed by atoms with Crippen LogP contribution in [0.25, 0.3) is 11.0 Å². The van der Waals surface area contributed by atoms with Crippen LogP contribution in [0.2, 0.25) is 0 Å². The summed E-state index contributed by atoms with van der Waals surface area (Å²) in [4.78, 5) is 45.4. The van der Waals surface area contributed by atoms with Gasteiger partial charge in [0.15, 0.2) is 5.78 Å². The van der Waals surface area contributed by atoms with E-state index < -0.39 is 38.5 Å². The molecule has 0 saturated carbocycles. The summed E-state index contributed by atoms with van der Waals surface area (Å²) in [7, 11) is -3.72. The highest BCUT2D eigenvalue weighted by Gasteiger charge is 2.31. The van der Waals surface area contributed by atoms with Crippen LogP contribution in [0.3, 0.4) is 0 Å². The van der Waals surface area contributed by atoms with E-state index in [1.54, 1.807) is 6.92 Å². The van der Waals surface area contributed by atoms with Crippen molar-refractivity contribution in [2.75, 3.05) is 19.3 Å². The van der Waals surface area contributed by atoms with Gasteiger partial charge in [0.25, 0.3) is 5.56 Å². The van der Waals surface area contributed by atoms with E-state index in [1.807, 2.05) is 0 Å². The molecule has 1 saturated heterocycles. The van der Waals surface area contributed by atoms with E-state index in [0.717, 1.165) is 11.2 Å². The normalized spacial score (nSPS) is 17.4. The average Bonchev–Trinajstić information content (AvgIpc) is 3.03. The molecule has 1 atom stereocenters. The maximum absolute atomic E-state index is 13.0. The molecule has 0 bridgehead atoms. The summed E-state index contributed by atoms with van der Waals surface area (Å²) in [6, 6.07) is -0.558. The molecule has 0 radical (unpaired) electrons. The van der Waals surface area contributed by atoms with E-state index in [4.69, 9.17) is 0 Å². The molecule has 1 aliphatic rings. The van der Waals surface area contributed by atoms with Gasteiger partial charge >= 0.3 is 6.09 Å². The van der Waals surface area contributed by atoms with Gasteiger partial charge < -0.3 is 10.0 Å². The van der Waals surface area contributed by atoms with Gasteiger partial charge in [-0.05, 0) is 25.8 Å². The van der Waals surface area contributed by atoms with Gasteiger partial charge in [0.1, 0.15) is 5.65 Å². The topological polar surface area (TPSA) is 140 Å². The van der Waals surface area contributed by atoms with Crippen LogP contribution >= 0.6 is 0 Å². The van der Waals surface area contributed by atoms with Crippen molar-refractivity contribution in [2.24, 2.45) is 0 Å². The van der Waals surface area contributed by atoms with Gasteiger partial charge in [-0.15, -0.1) is 0 Å². The van der Waals surface area contributed by atoms with Crippen molar-refractivity contribution in [2.45, 2.75) is 31.5 Å². The highest BCUT2D eigenvalue weighted by Crippen LogP contribution is 2.26. The van der Waals surface area contributed by atoms with Crippen LogP contribution < -0.4 is 5.56 Å². The highest BCUT2D eigenvalue weighted by atomic mass is 32.2. The van der Waals surface area contributed by atoms with Crippen LogP contribution in [-0.2, 0) is 9.84 Å². The van der Waals surface area contributed by atoms with Crippen molar-refractivity contribution in [3.8, 4) is 0 Å². The summed E-state index contributed by atoms with van der Waals surface area (Å²) in [5, 5.41) is 9.11. The molecule has 144 valence electrons. The summed E-state index contributed by atoms with van der Waals surface area (Å²) in [6.07, 6.45) is 1.47. The van der Waals surface area contributed by atoms with Crippen LogP contribution in [0.15, 0.2) is 16.1 Å². The molecule has 3 rings (SSSR count). The quantitative estimate of drug-likeness (QED) is 0.590. The Morgan fingerprint density at radius 1 is 1.33 bits per heavy atom. The van der Waals surface area contributed by atoms with Gasteiger partial charge in [0, 0.05) is 30.9 Å². The standard InChI is InChI=1S/C16H18N4O6S/c1-8-11-6-17-15(27(3,25)26)18-13(11)20(14(22)12(8)9(2)21)10-4-5-19(7-10)16(23)24/h6,10H,4-5,7H2,1-3H3,(H,23,24)/t10-/m0/s1. The number of Topliss-reactive ketones (excluding diaryl/α,β-unsaturated/α-hetero) is 1. The molecular weight excluding hydrogens is 376 g/mol. The van der Waals surface area contributed by atoms with Crippen molar-refractivity contribution >= 4 is 32.7 Å². The molecule has 2 aromatic heterocycles. The Hall–Kier alpha value is -2.82. The first-order valence-corrected chi connectivity index (χ1v) is 10.0. The van der Waals surface area contributed by atoms with E-state index in [0.29, 0.717) is 17.4 Å². The van der Waals surface area contributed by atoms with Crippen molar-refractivity contribution in [1.29, 1.82) is 0 Å². The number of hydrogen-bond acceptors (Lipinski definition) is 7. The lowest BCUT2D eigenvalue weighted by molar-refractivity contribution is 0.101. The van der Waals surface area contributed by atoms with Gasteiger partial charge in [-0.2, -0.15) is 4.98 Å². The zero-order valence-electron chi connectivity index (χ0n) is 15.0. The predicted octanol–water partition coefficient (Wildman–Crippen LogP) is 0.631.